The monoisotopic (exact) mass is 429 g/mol. The van der Waals surface area contributed by atoms with E-state index in [-0.39, 0.29) is 36.0 Å². The fourth-order valence-electron chi connectivity index (χ4n) is 2.81. The Morgan fingerprint density at radius 3 is 2.63 bits per heavy atom. The Balaban J connectivity index is 0.00000261. The zero-order valence-electron chi connectivity index (χ0n) is 14.2. The van der Waals surface area contributed by atoms with Crippen LogP contribution < -0.4 is 21.7 Å². The summed E-state index contributed by atoms with van der Waals surface area (Å²) in [5.74, 6) is 0.718. The van der Waals surface area contributed by atoms with Gasteiger partial charge in [-0.25, -0.2) is 4.79 Å². The molecule has 0 radical (unpaired) electrons. The second-order valence-electron chi connectivity index (χ2n) is 5.69. The molecule has 0 spiro atoms. The molecule has 0 aliphatic heterocycles. The molecule has 144 valence electrons. The minimum absolute atomic E-state index is 0. The fourth-order valence-corrected chi connectivity index (χ4v) is 3.38. The summed E-state index contributed by atoms with van der Waals surface area (Å²) in [6.45, 7) is 0.966. The van der Waals surface area contributed by atoms with Crippen molar-refractivity contribution in [1.82, 2.24) is 9.55 Å². The first kappa shape index (κ1) is 21.3. The van der Waals surface area contributed by atoms with Gasteiger partial charge in [0, 0.05) is 5.02 Å². The van der Waals surface area contributed by atoms with Crippen LogP contribution in [0, 0.1) is 0 Å². The number of nitrogens with zero attached hydrogens (tertiary/aromatic N) is 1. The van der Waals surface area contributed by atoms with Crippen LogP contribution in [0.3, 0.4) is 0 Å². The average Bonchev–Trinajstić information content (AvgIpc) is 2.58. The Morgan fingerprint density at radius 1 is 1.15 bits per heavy atom. The van der Waals surface area contributed by atoms with E-state index in [4.69, 9.17) is 33.7 Å². The van der Waals surface area contributed by atoms with E-state index in [2.05, 4.69) is 4.98 Å². The Labute approximate surface area is 171 Å². The van der Waals surface area contributed by atoms with Crippen LogP contribution in [0.5, 0.6) is 5.75 Å². The molecule has 0 atom stereocenters. The van der Waals surface area contributed by atoms with Crippen LogP contribution in [0.1, 0.15) is 5.56 Å². The minimum Gasteiger partial charge on any atom is -0.491 e. The normalized spacial score (nSPS) is 10.6. The molecule has 0 unspecified atom stereocenters. The number of ether oxygens (including phenoxy) is 1. The maximum absolute atomic E-state index is 12.2. The molecule has 0 aliphatic rings. The maximum Gasteiger partial charge on any atom is 0.328 e. The van der Waals surface area contributed by atoms with Crippen molar-refractivity contribution >= 4 is 46.5 Å². The number of rotatable bonds is 6. The Bertz CT molecular complexity index is 1060. The second-order valence-corrected chi connectivity index (χ2v) is 6.53. The number of nitrogens with one attached hydrogen (secondary N) is 1. The lowest BCUT2D eigenvalue weighted by Crippen LogP contribution is -2.32. The van der Waals surface area contributed by atoms with Crippen molar-refractivity contribution in [3.8, 4) is 5.75 Å². The predicted octanol–water partition coefficient (Wildman–Crippen LogP) is 3.00. The summed E-state index contributed by atoms with van der Waals surface area (Å²) >= 11 is 12.1. The summed E-state index contributed by atoms with van der Waals surface area (Å²) in [5, 5.41) is 0.756. The van der Waals surface area contributed by atoms with Crippen LogP contribution >= 0.6 is 35.6 Å². The number of hydrogen-bond acceptors (Lipinski definition) is 4. The molecular weight excluding hydrogens is 413 g/mol. The van der Waals surface area contributed by atoms with Crippen molar-refractivity contribution in [3.05, 3.63) is 72.8 Å². The van der Waals surface area contributed by atoms with Crippen molar-refractivity contribution in [1.29, 1.82) is 0 Å². The molecule has 2 aromatic carbocycles. The van der Waals surface area contributed by atoms with Gasteiger partial charge in [0.15, 0.2) is 0 Å². The first-order chi connectivity index (χ1) is 12.5. The summed E-state index contributed by atoms with van der Waals surface area (Å²) in [7, 11) is 0. The summed E-state index contributed by atoms with van der Waals surface area (Å²) < 4.78 is 7.20. The molecule has 0 saturated carbocycles. The van der Waals surface area contributed by atoms with Gasteiger partial charge in [-0.1, -0.05) is 41.4 Å². The second kappa shape index (κ2) is 9.28. The molecule has 1 heterocycles. The highest BCUT2D eigenvalue weighted by atomic mass is 35.5. The third kappa shape index (κ3) is 4.65. The Kier molecular flexibility index (Phi) is 7.33. The first-order valence-corrected chi connectivity index (χ1v) is 8.79. The molecule has 0 aliphatic carbocycles. The van der Waals surface area contributed by atoms with E-state index in [9.17, 15) is 9.59 Å². The third-order valence-corrected chi connectivity index (χ3v) is 4.49. The molecule has 3 N–H and O–H groups in total. The van der Waals surface area contributed by atoms with Gasteiger partial charge in [-0.05, 0) is 36.7 Å². The van der Waals surface area contributed by atoms with Gasteiger partial charge in [-0.3, -0.25) is 14.3 Å². The van der Waals surface area contributed by atoms with E-state index >= 15 is 0 Å². The van der Waals surface area contributed by atoms with E-state index < -0.39 is 11.2 Å². The van der Waals surface area contributed by atoms with Gasteiger partial charge in [0.05, 0.1) is 22.5 Å². The van der Waals surface area contributed by atoms with Crippen molar-refractivity contribution < 1.29 is 4.74 Å². The summed E-state index contributed by atoms with van der Waals surface area (Å²) in [6.07, 6.45) is 0.697. The van der Waals surface area contributed by atoms with E-state index in [1.807, 2.05) is 24.3 Å². The van der Waals surface area contributed by atoms with Gasteiger partial charge < -0.3 is 10.5 Å². The van der Waals surface area contributed by atoms with Gasteiger partial charge in [-0.15, -0.1) is 12.4 Å². The molecule has 0 saturated heterocycles. The molecular formula is C18H18Cl3N3O3. The van der Waals surface area contributed by atoms with E-state index in [0.717, 1.165) is 11.3 Å². The number of aromatic nitrogens is 2. The molecule has 0 bridgehead atoms. The SMILES string of the molecule is Cl.NCCc1ccccc1OCCn1c(=O)[nH]c(=O)c2c(Cl)cc(Cl)cc21. The minimum atomic E-state index is -0.544. The van der Waals surface area contributed by atoms with Crippen molar-refractivity contribution in [2.45, 2.75) is 13.0 Å². The molecule has 3 rings (SSSR count). The standard InChI is InChI=1S/C18H17Cl2N3O3.ClH/c19-12-9-13(20)16-14(10-12)23(18(25)22-17(16)24)7-8-26-15-4-2-1-3-11(15)5-6-21;/h1-4,9-10H,5-8,21H2,(H,22,24,25);1H. The molecule has 1 aromatic heterocycles. The van der Waals surface area contributed by atoms with Gasteiger partial charge in [0.25, 0.3) is 5.56 Å². The quantitative estimate of drug-likeness (QED) is 0.629. The van der Waals surface area contributed by atoms with Gasteiger partial charge in [0.2, 0.25) is 0 Å². The predicted molar refractivity (Wildman–Crippen MR) is 111 cm³/mol. The highest BCUT2D eigenvalue weighted by Crippen LogP contribution is 2.24. The lowest BCUT2D eigenvalue weighted by atomic mass is 10.1. The van der Waals surface area contributed by atoms with Crippen molar-refractivity contribution in [3.63, 3.8) is 0 Å². The number of H-pyrrole nitrogens is 1. The number of benzene rings is 2. The molecule has 27 heavy (non-hydrogen) atoms. The Morgan fingerprint density at radius 2 is 1.89 bits per heavy atom. The molecule has 6 nitrogen and oxygen atoms in total. The van der Waals surface area contributed by atoms with Crippen LogP contribution in [0.4, 0.5) is 0 Å². The zero-order valence-corrected chi connectivity index (χ0v) is 16.5. The number of aromatic amines is 1. The van der Waals surface area contributed by atoms with Gasteiger partial charge in [0.1, 0.15) is 12.4 Å². The Hall–Kier alpha value is -1.99. The zero-order chi connectivity index (χ0) is 18.7. The largest absolute Gasteiger partial charge is 0.491 e. The van der Waals surface area contributed by atoms with Crippen LogP contribution in [0.25, 0.3) is 10.9 Å². The van der Waals surface area contributed by atoms with E-state index in [1.54, 1.807) is 6.07 Å². The molecule has 3 aromatic rings. The fraction of sp³-hybridized carbons (Fsp3) is 0.222. The number of para-hydroxylation sites is 1. The first-order valence-electron chi connectivity index (χ1n) is 8.04. The summed E-state index contributed by atoms with van der Waals surface area (Å²) in [6, 6.07) is 10.6. The number of fused-ring (bicyclic) bond motifs is 1. The van der Waals surface area contributed by atoms with Crippen LogP contribution in [-0.2, 0) is 13.0 Å². The van der Waals surface area contributed by atoms with Crippen LogP contribution in [0.15, 0.2) is 46.0 Å². The van der Waals surface area contributed by atoms with Crippen molar-refractivity contribution in [2.75, 3.05) is 13.2 Å². The topological polar surface area (TPSA) is 90.1 Å². The van der Waals surface area contributed by atoms with Crippen molar-refractivity contribution in [2.24, 2.45) is 5.73 Å². The molecule has 9 heteroatoms. The number of hydrogen-bond donors (Lipinski definition) is 2. The van der Waals surface area contributed by atoms with Gasteiger partial charge in [-0.2, -0.15) is 0 Å². The highest BCUT2D eigenvalue weighted by Gasteiger charge is 2.12. The van der Waals surface area contributed by atoms with E-state index in [0.29, 0.717) is 23.5 Å². The van der Waals surface area contributed by atoms with Gasteiger partial charge >= 0.3 is 5.69 Å². The van der Waals surface area contributed by atoms with Crippen LogP contribution in [-0.4, -0.2) is 22.7 Å². The van der Waals surface area contributed by atoms with Crippen LogP contribution in [0.2, 0.25) is 10.0 Å². The average molecular weight is 431 g/mol. The highest BCUT2D eigenvalue weighted by molar-refractivity contribution is 6.38. The number of nitrogens with two attached hydrogens (primary N) is 1. The molecule has 0 amide bonds. The maximum atomic E-state index is 12.2. The smallest absolute Gasteiger partial charge is 0.328 e. The lowest BCUT2D eigenvalue weighted by molar-refractivity contribution is 0.295. The summed E-state index contributed by atoms with van der Waals surface area (Å²) in [5.41, 5.74) is 5.90. The lowest BCUT2D eigenvalue weighted by Gasteiger charge is -2.13. The summed E-state index contributed by atoms with van der Waals surface area (Å²) in [4.78, 5) is 26.6. The van der Waals surface area contributed by atoms with E-state index in [1.165, 1.54) is 10.6 Å². The third-order valence-electron chi connectivity index (χ3n) is 3.98. The molecule has 0 fully saturated rings. The number of halogens is 3.